The molecule has 28 heavy (non-hydrogen) atoms. The highest BCUT2D eigenvalue weighted by Crippen LogP contribution is 2.35. The highest BCUT2D eigenvalue weighted by molar-refractivity contribution is 5.96. The molecule has 0 bridgehead atoms. The SMILES string of the molecule is Cc1ccccc1OCc1ccc(C(=O)CC2CC(C)(C)NC(C)(C)C2)cc1. The van der Waals surface area contributed by atoms with Gasteiger partial charge in [0.05, 0.1) is 0 Å². The minimum absolute atomic E-state index is 0.0729. The number of hydrogen-bond acceptors (Lipinski definition) is 3. The van der Waals surface area contributed by atoms with Crippen molar-refractivity contribution < 1.29 is 9.53 Å². The first-order chi connectivity index (χ1) is 13.1. The molecule has 2 aromatic carbocycles. The second-order valence-electron chi connectivity index (χ2n) is 9.55. The number of Topliss-reactive ketones (excluding diaryl/α,β-unsaturated/α-hetero) is 1. The van der Waals surface area contributed by atoms with Crippen LogP contribution in [-0.2, 0) is 6.61 Å². The first-order valence-corrected chi connectivity index (χ1v) is 10.2. The molecule has 3 heteroatoms. The monoisotopic (exact) mass is 379 g/mol. The standard InChI is InChI=1S/C25H33NO2/c1-18-8-6-7-9-23(18)28-17-19-10-12-21(13-11-19)22(27)14-20-15-24(2,3)26-25(4,5)16-20/h6-13,20,26H,14-17H2,1-5H3. The maximum absolute atomic E-state index is 12.8. The minimum Gasteiger partial charge on any atom is -0.489 e. The number of carbonyl (C=O) groups is 1. The highest BCUT2D eigenvalue weighted by atomic mass is 16.5. The second kappa shape index (κ2) is 8.08. The van der Waals surface area contributed by atoms with E-state index >= 15 is 0 Å². The van der Waals surface area contributed by atoms with Crippen LogP contribution in [-0.4, -0.2) is 16.9 Å². The number of piperidine rings is 1. The van der Waals surface area contributed by atoms with Crippen molar-refractivity contribution in [1.29, 1.82) is 0 Å². The zero-order chi connectivity index (χ0) is 20.4. The van der Waals surface area contributed by atoms with E-state index in [1.807, 2.05) is 55.5 Å². The molecule has 3 rings (SSSR count). The number of benzene rings is 2. The first kappa shape index (κ1) is 20.6. The van der Waals surface area contributed by atoms with Crippen LogP contribution in [0.15, 0.2) is 48.5 Å². The Bertz CT molecular complexity index is 805. The summed E-state index contributed by atoms with van der Waals surface area (Å²) in [5.74, 6) is 1.56. The maximum atomic E-state index is 12.8. The number of ether oxygens (including phenoxy) is 1. The van der Waals surface area contributed by atoms with Gasteiger partial charge in [-0.25, -0.2) is 0 Å². The molecular formula is C25H33NO2. The van der Waals surface area contributed by atoms with Crippen LogP contribution < -0.4 is 10.1 Å². The van der Waals surface area contributed by atoms with Gasteiger partial charge in [0.2, 0.25) is 0 Å². The molecule has 1 fully saturated rings. The third kappa shape index (κ3) is 5.45. The van der Waals surface area contributed by atoms with Crippen molar-refractivity contribution in [2.45, 2.75) is 71.6 Å². The fraction of sp³-hybridized carbons (Fsp3) is 0.480. The van der Waals surface area contributed by atoms with Gasteiger partial charge in [-0.2, -0.15) is 0 Å². The average Bonchev–Trinajstić information content (AvgIpc) is 2.58. The van der Waals surface area contributed by atoms with Crippen LogP contribution in [0.2, 0.25) is 0 Å². The molecule has 0 spiro atoms. The van der Waals surface area contributed by atoms with Gasteiger partial charge in [-0.1, -0.05) is 42.5 Å². The van der Waals surface area contributed by atoms with Gasteiger partial charge in [-0.15, -0.1) is 0 Å². The molecule has 1 saturated heterocycles. The van der Waals surface area contributed by atoms with E-state index in [0.717, 1.165) is 35.3 Å². The summed E-state index contributed by atoms with van der Waals surface area (Å²) in [7, 11) is 0. The Labute approximate surface area is 169 Å². The molecular weight excluding hydrogens is 346 g/mol. The quantitative estimate of drug-likeness (QED) is 0.654. The normalized spacial score (nSPS) is 18.6. The number of nitrogens with one attached hydrogen (secondary N) is 1. The Morgan fingerprint density at radius 2 is 1.61 bits per heavy atom. The molecule has 2 aromatic rings. The Kier molecular flexibility index (Phi) is 5.95. The molecule has 0 amide bonds. The number of rotatable bonds is 6. The summed E-state index contributed by atoms with van der Waals surface area (Å²) < 4.78 is 5.90. The van der Waals surface area contributed by atoms with Gasteiger partial charge in [-0.05, 0) is 70.6 Å². The predicted molar refractivity (Wildman–Crippen MR) is 115 cm³/mol. The van der Waals surface area contributed by atoms with Crippen molar-refractivity contribution in [2.75, 3.05) is 0 Å². The molecule has 1 heterocycles. The van der Waals surface area contributed by atoms with Gasteiger partial charge in [0.25, 0.3) is 0 Å². The summed E-state index contributed by atoms with van der Waals surface area (Å²) in [6, 6.07) is 15.9. The summed E-state index contributed by atoms with van der Waals surface area (Å²) in [4.78, 5) is 12.8. The topological polar surface area (TPSA) is 38.3 Å². The summed E-state index contributed by atoms with van der Waals surface area (Å²) in [5.41, 5.74) is 3.15. The lowest BCUT2D eigenvalue weighted by Crippen LogP contribution is -2.57. The van der Waals surface area contributed by atoms with E-state index in [9.17, 15) is 4.79 Å². The Balaban J connectivity index is 1.58. The number of ketones is 1. The Morgan fingerprint density at radius 3 is 2.21 bits per heavy atom. The van der Waals surface area contributed by atoms with E-state index < -0.39 is 0 Å². The number of para-hydroxylation sites is 1. The molecule has 3 nitrogen and oxygen atoms in total. The average molecular weight is 380 g/mol. The molecule has 0 atom stereocenters. The van der Waals surface area contributed by atoms with Crippen molar-refractivity contribution in [2.24, 2.45) is 5.92 Å². The highest BCUT2D eigenvalue weighted by Gasteiger charge is 2.38. The lowest BCUT2D eigenvalue weighted by molar-refractivity contribution is 0.0864. The van der Waals surface area contributed by atoms with E-state index in [-0.39, 0.29) is 16.9 Å². The summed E-state index contributed by atoms with van der Waals surface area (Å²) in [5, 5.41) is 3.69. The van der Waals surface area contributed by atoms with Crippen LogP contribution in [0, 0.1) is 12.8 Å². The van der Waals surface area contributed by atoms with E-state index in [1.165, 1.54) is 0 Å². The van der Waals surface area contributed by atoms with Crippen molar-refractivity contribution in [3.8, 4) is 5.75 Å². The zero-order valence-corrected chi connectivity index (χ0v) is 17.8. The molecule has 1 aliphatic rings. The van der Waals surface area contributed by atoms with Crippen LogP contribution >= 0.6 is 0 Å². The predicted octanol–water partition coefficient (Wildman–Crippen LogP) is 5.70. The van der Waals surface area contributed by atoms with E-state index in [2.05, 4.69) is 33.0 Å². The minimum atomic E-state index is 0.0729. The lowest BCUT2D eigenvalue weighted by atomic mass is 9.74. The van der Waals surface area contributed by atoms with E-state index in [0.29, 0.717) is 18.9 Å². The lowest BCUT2D eigenvalue weighted by Gasteiger charge is -2.46. The molecule has 0 aliphatic carbocycles. The fourth-order valence-corrected chi connectivity index (χ4v) is 4.72. The zero-order valence-electron chi connectivity index (χ0n) is 17.8. The van der Waals surface area contributed by atoms with E-state index in [4.69, 9.17) is 4.74 Å². The Morgan fingerprint density at radius 1 is 1.00 bits per heavy atom. The molecule has 1 aliphatic heterocycles. The fourth-order valence-electron chi connectivity index (χ4n) is 4.72. The number of aryl methyl sites for hydroxylation is 1. The summed E-state index contributed by atoms with van der Waals surface area (Å²) in [6.07, 6.45) is 2.68. The molecule has 0 radical (unpaired) electrons. The molecule has 0 saturated carbocycles. The maximum Gasteiger partial charge on any atom is 0.163 e. The van der Waals surface area contributed by atoms with Gasteiger partial charge in [0.1, 0.15) is 12.4 Å². The van der Waals surface area contributed by atoms with Crippen molar-refractivity contribution in [3.63, 3.8) is 0 Å². The second-order valence-corrected chi connectivity index (χ2v) is 9.55. The van der Waals surface area contributed by atoms with Crippen LogP contribution in [0.4, 0.5) is 0 Å². The van der Waals surface area contributed by atoms with Crippen LogP contribution in [0.1, 0.15) is 68.4 Å². The van der Waals surface area contributed by atoms with Gasteiger partial charge >= 0.3 is 0 Å². The van der Waals surface area contributed by atoms with Gasteiger partial charge in [-0.3, -0.25) is 4.79 Å². The molecule has 150 valence electrons. The number of hydrogen-bond donors (Lipinski definition) is 1. The summed E-state index contributed by atoms with van der Waals surface area (Å²) in [6.45, 7) is 11.5. The van der Waals surface area contributed by atoms with Crippen LogP contribution in [0.25, 0.3) is 0 Å². The third-order valence-corrected chi connectivity index (χ3v) is 5.51. The van der Waals surface area contributed by atoms with Gasteiger partial charge < -0.3 is 10.1 Å². The third-order valence-electron chi connectivity index (χ3n) is 5.51. The van der Waals surface area contributed by atoms with Gasteiger partial charge in [0.15, 0.2) is 5.78 Å². The van der Waals surface area contributed by atoms with Crippen LogP contribution in [0.5, 0.6) is 5.75 Å². The smallest absolute Gasteiger partial charge is 0.163 e. The molecule has 1 N–H and O–H groups in total. The number of carbonyl (C=O) groups excluding carboxylic acids is 1. The van der Waals surface area contributed by atoms with Crippen molar-refractivity contribution in [1.82, 2.24) is 5.32 Å². The Hall–Kier alpha value is -2.13. The molecule has 0 aromatic heterocycles. The molecule has 0 unspecified atom stereocenters. The largest absolute Gasteiger partial charge is 0.489 e. The first-order valence-electron chi connectivity index (χ1n) is 10.2. The van der Waals surface area contributed by atoms with Gasteiger partial charge in [0, 0.05) is 23.1 Å². The van der Waals surface area contributed by atoms with Crippen LogP contribution in [0.3, 0.4) is 0 Å². The van der Waals surface area contributed by atoms with E-state index in [1.54, 1.807) is 0 Å². The summed E-state index contributed by atoms with van der Waals surface area (Å²) >= 11 is 0. The van der Waals surface area contributed by atoms with Crippen molar-refractivity contribution >= 4 is 5.78 Å². The van der Waals surface area contributed by atoms with Crippen molar-refractivity contribution in [3.05, 3.63) is 65.2 Å².